The van der Waals surface area contributed by atoms with E-state index in [-0.39, 0.29) is 23.5 Å². The van der Waals surface area contributed by atoms with E-state index >= 15 is 0 Å². The van der Waals surface area contributed by atoms with Crippen molar-refractivity contribution in [1.29, 1.82) is 0 Å². The fourth-order valence-corrected chi connectivity index (χ4v) is 5.42. The number of allylic oxidation sites excluding steroid dienone is 1. The quantitative estimate of drug-likeness (QED) is 0.213. The molecule has 7 nitrogen and oxygen atoms in total. The third kappa shape index (κ3) is 3.24. The van der Waals surface area contributed by atoms with Crippen molar-refractivity contribution in [1.82, 2.24) is 9.55 Å². The zero-order valence-corrected chi connectivity index (χ0v) is 19.8. The third-order valence-corrected chi connectivity index (χ3v) is 7.15. The first-order chi connectivity index (χ1) is 18.0. The number of ketones is 1. The number of pyridine rings is 1. The number of Topliss-reactive ketones (excluding diaryl/α,β-unsaturated/α-hetero) is 1. The summed E-state index contributed by atoms with van der Waals surface area (Å²) in [6.45, 7) is 0. The maximum Gasteiger partial charge on any atom is 0.312 e. The van der Waals surface area contributed by atoms with Crippen LogP contribution in [0.15, 0.2) is 83.5 Å². The lowest BCUT2D eigenvalue weighted by Crippen LogP contribution is -2.26. The first-order valence-electron chi connectivity index (χ1n) is 12.0. The Labute approximate surface area is 210 Å². The number of nitrogens with zero attached hydrogens (tertiary/aromatic N) is 1. The minimum atomic E-state index is -0.621. The first kappa shape index (κ1) is 21.4. The number of ether oxygens (including phenoxy) is 2. The molecule has 0 radical (unpaired) electrons. The molecule has 4 heterocycles. The van der Waals surface area contributed by atoms with E-state index in [0.29, 0.717) is 33.7 Å². The number of H-pyrrole nitrogens is 1. The van der Waals surface area contributed by atoms with Crippen LogP contribution in [0, 0.1) is 0 Å². The van der Waals surface area contributed by atoms with Gasteiger partial charge in [-0.15, -0.1) is 0 Å². The summed E-state index contributed by atoms with van der Waals surface area (Å²) in [7, 11) is 1.95. The van der Waals surface area contributed by atoms with Crippen LogP contribution in [0.2, 0.25) is 0 Å². The summed E-state index contributed by atoms with van der Waals surface area (Å²) in [5.41, 5.74) is 3.65. The lowest BCUT2D eigenvalue weighted by Gasteiger charge is -2.26. The molecule has 2 aromatic heterocycles. The molecule has 7 heteroatoms. The van der Waals surface area contributed by atoms with E-state index in [1.807, 2.05) is 66.3 Å². The van der Waals surface area contributed by atoms with E-state index in [0.717, 1.165) is 21.9 Å². The molecule has 0 fully saturated rings. The third-order valence-electron chi connectivity index (χ3n) is 7.15. The first-order valence-corrected chi connectivity index (χ1v) is 12.0. The van der Waals surface area contributed by atoms with E-state index < -0.39 is 11.9 Å². The fraction of sp³-hybridized carbons (Fsp3) is 0.100. The number of hydrogen-bond donors (Lipinski definition) is 1. The lowest BCUT2D eigenvalue weighted by atomic mass is 9.85. The highest BCUT2D eigenvalue weighted by Crippen LogP contribution is 2.48. The largest absolute Gasteiger partial charge is 0.452 e. The summed E-state index contributed by atoms with van der Waals surface area (Å²) in [5, 5.41) is 1.85. The Morgan fingerprint density at radius 2 is 1.78 bits per heavy atom. The summed E-state index contributed by atoms with van der Waals surface area (Å²) in [6, 6.07) is 20.4. The number of rotatable bonds is 2. The van der Waals surface area contributed by atoms with Crippen molar-refractivity contribution in [3.63, 3.8) is 0 Å². The molecule has 1 N–H and O–H groups in total. The Bertz CT molecular complexity index is 1890. The summed E-state index contributed by atoms with van der Waals surface area (Å²) in [5.74, 6) is -0.507. The molecule has 0 bridgehead atoms. The highest BCUT2D eigenvalue weighted by atomic mass is 16.5. The predicted molar refractivity (Wildman–Crippen MR) is 139 cm³/mol. The molecule has 5 aromatic rings. The van der Waals surface area contributed by atoms with Crippen molar-refractivity contribution in [3.05, 3.63) is 111 Å². The van der Waals surface area contributed by atoms with Crippen molar-refractivity contribution in [2.45, 2.75) is 12.3 Å². The van der Waals surface area contributed by atoms with Crippen molar-refractivity contribution in [3.8, 4) is 11.5 Å². The number of benzene rings is 3. The minimum Gasteiger partial charge on any atom is -0.452 e. The number of hydrogen-bond acceptors (Lipinski definition) is 5. The molecule has 0 saturated carbocycles. The van der Waals surface area contributed by atoms with Gasteiger partial charge in [-0.25, -0.2) is 0 Å². The van der Waals surface area contributed by atoms with Crippen LogP contribution in [0.3, 0.4) is 0 Å². The van der Waals surface area contributed by atoms with Crippen molar-refractivity contribution in [2.75, 3.05) is 0 Å². The van der Waals surface area contributed by atoms with Crippen LogP contribution >= 0.6 is 0 Å². The average Bonchev–Trinajstić information content (AvgIpc) is 3.39. The molecule has 0 amide bonds. The number of aromatic amines is 1. The lowest BCUT2D eigenvalue weighted by molar-refractivity contribution is -0.135. The van der Waals surface area contributed by atoms with Gasteiger partial charge in [0.15, 0.2) is 5.76 Å². The molecule has 0 spiro atoms. The molecule has 1 unspecified atom stereocenters. The highest BCUT2D eigenvalue weighted by molar-refractivity contribution is 6.15. The molecule has 37 heavy (non-hydrogen) atoms. The molecule has 2 aliphatic heterocycles. The van der Waals surface area contributed by atoms with Gasteiger partial charge in [0.2, 0.25) is 5.78 Å². The number of esters is 1. The normalized spacial score (nSPS) is 17.6. The number of para-hydroxylation sites is 2. The van der Waals surface area contributed by atoms with Crippen LogP contribution in [0.25, 0.3) is 27.9 Å². The molecule has 0 saturated heterocycles. The Hall–Kier alpha value is -4.91. The van der Waals surface area contributed by atoms with Crippen molar-refractivity contribution < 1.29 is 19.1 Å². The van der Waals surface area contributed by atoms with Crippen LogP contribution in [0.1, 0.15) is 39.4 Å². The summed E-state index contributed by atoms with van der Waals surface area (Å²) >= 11 is 0. The fourth-order valence-electron chi connectivity index (χ4n) is 5.42. The predicted octanol–water partition coefficient (Wildman–Crippen LogP) is 5.08. The Morgan fingerprint density at radius 3 is 2.68 bits per heavy atom. The number of aryl methyl sites for hydroxylation is 1. The molecule has 2 aliphatic rings. The van der Waals surface area contributed by atoms with Crippen molar-refractivity contribution in [2.24, 2.45) is 7.05 Å². The molecule has 1 atom stereocenters. The van der Waals surface area contributed by atoms with E-state index in [9.17, 15) is 14.4 Å². The maximum absolute atomic E-state index is 13.4. The van der Waals surface area contributed by atoms with Crippen molar-refractivity contribution >= 4 is 39.6 Å². The number of carbonyl (C=O) groups excluding carboxylic acids is 2. The van der Waals surface area contributed by atoms with Gasteiger partial charge in [0.25, 0.3) is 5.56 Å². The van der Waals surface area contributed by atoms with Gasteiger partial charge in [-0.05, 0) is 41.8 Å². The van der Waals surface area contributed by atoms with E-state index in [2.05, 4.69) is 4.98 Å². The Kier molecular flexibility index (Phi) is 4.50. The monoisotopic (exact) mass is 488 g/mol. The van der Waals surface area contributed by atoms with Crippen LogP contribution in [-0.2, 0) is 11.8 Å². The Balaban J connectivity index is 1.38. The molecule has 7 rings (SSSR count). The van der Waals surface area contributed by atoms with Gasteiger partial charge in [-0.2, -0.15) is 0 Å². The second-order valence-electron chi connectivity index (χ2n) is 9.38. The average molecular weight is 488 g/mol. The standard InChI is InChI=1S/C30H20N2O5/c1-32-15-17(18-7-3-5-9-23(18)32)13-25-28(34)19-10-11-24-27(29(19)37-25)20(14-26(33)36-24)21-12-16-6-2-4-8-22(16)31-30(21)35/h2-13,15,20H,14H2,1H3,(H,31,35). The van der Waals surface area contributed by atoms with Crippen LogP contribution in [0.5, 0.6) is 11.5 Å². The van der Waals surface area contributed by atoms with Crippen LogP contribution in [0.4, 0.5) is 0 Å². The maximum atomic E-state index is 13.4. The molecule has 0 aliphatic carbocycles. The summed E-state index contributed by atoms with van der Waals surface area (Å²) in [6.07, 6.45) is 3.65. The van der Waals surface area contributed by atoms with Gasteiger partial charge < -0.3 is 19.0 Å². The van der Waals surface area contributed by atoms with Gasteiger partial charge >= 0.3 is 5.97 Å². The van der Waals surface area contributed by atoms with Gasteiger partial charge in [-0.3, -0.25) is 14.4 Å². The smallest absolute Gasteiger partial charge is 0.312 e. The zero-order valence-electron chi connectivity index (χ0n) is 19.8. The number of fused-ring (bicyclic) bond motifs is 5. The number of carbonyl (C=O) groups is 2. The second kappa shape index (κ2) is 7.80. The number of nitrogens with one attached hydrogen (secondary N) is 1. The molecular weight excluding hydrogens is 468 g/mol. The SMILES string of the molecule is Cn1cc(C=C2Oc3c(ccc4c3C(c3cc5ccccc5[nH]c3=O)CC(=O)O4)C2=O)c2ccccc21. The van der Waals surface area contributed by atoms with E-state index in [1.165, 1.54) is 0 Å². The van der Waals surface area contributed by atoms with Gasteiger partial charge in [0.05, 0.1) is 12.0 Å². The van der Waals surface area contributed by atoms with Crippen LogP contribution < -0.4 is 15.0 Å². The zero-order chi connectivity index (χ0) is 25.3. The second-order valence-corrected chi connectivity index (χ2v) is 9.38. The van der Waals surface area contributed by atoms with Crippen LogP contribution in [-0.4, -0.2) is 21.3 Å². The molecule has 3 aromatic carbocycles. The van der Waals surface area contributed by atoms with Gasteiger partial charge in [0, 0.05) is 52.3 Å². The van der Waals surface area contributed by atoms with Gasteiger partial charge in [0.1, 0.15) is 11.5 Å². The molecular formula is C30H20N2O5. The summed E-state index contributed by atoms with van der Waals surface area (Å²) < 4.78 is 13.7. The summed E-state index contributed by atoms with van der Waals surface area (Å²) in [4.78, 5) is 42.0. The topological polar surface area (TPSA) is 90.4 Å². The highest BCUT2D eigenvalue weighted by Gasteiger charge is 2.39. The van der Waals surface area contributed by atoms with E-state index in [1.54, 1.807) is 24.3 Å². The van der Waals surface area contributed by atoms with Gasteiger partial charge in [-0.1, -0.05) is 36.4 Å². The Morgan fingerprint density at radius 1 is 0.973 bits per heavy atom. The minimum absolute atomic E-state index is 0.0369. The van der Waals surface area contributed by atoms with E-state index in [4.69, 9.17) is 9.47 Å². The number of aromatic nitrogens is 2. The molecule has 180 valence electrons.